The largest absolute Gasteiger partial charge is 0.391 e. The second-order valence-electron chi connectivity index (χ2n) is 4.37. The lowest BCUT2D eigenvalue weighted by molar-refractivity contribution is 0.222. The molecule has 5 heteroatoms. The molecule has 2 aromatic rings. The highest BCUT2D eigenvalue weighted by atomic mass is 32.2. The van der Waals surface area contributed by atoms with E-state index in [1.807, 2.05) is 30.3 Å². The van der Waals surface area contributed by atoms with Gasteiger partial charge in [0.1, 0.15) is 0 Å². The molecule has 0 bridgehead atoms. The Morgan fingerprint density at radius 3 is 2.10 bits per heavy atom. The molecule has 0 aliphatic heterocycles. The molecule has 3 nitrogen and oxygen atoms in total. The van der Waals surface area contributed by atoms with Gasteiger partial charge in [-0.05, 0) is 24.3 Å². The van der Waals surface area contributed by atoms with E-state index >= 15 is 0 Å². The van der Waals surface area contributed by atoms with Crippen LogP contribution < -0.4 is 0 Å². The van der Waals surface area contributed by atoms with Gasteiger partial charge in [0.2, 0.25) is 0 Å². The summed E-state index contributed by atoms with van der Waals surface area (Å²) in [4.78, 5) is 1.27. The number of benzene rings is 2. The van der Waals surface area contributed by atoms with Crippen molar-refractivity contribution in [1.82, 2.24) is 0 Å². The highest BCUT2D eigenvalue weighted by molar-refractivity contribution is 7.99. The van der Waals surface area contributed by atoms with E-state index in [4.69, 9.17) is 0 Å². The van der Waals surface area contributed by atoms with E-state index in [1.54, 1.807) is 30.3 Å². The molecule has 0 saturated heterocycles. The highest BCUT2D eigenvalue weighted by Crippen LogP contribution is 2.19. The number of aliphatic hydroxyl groups excluding tert-OH is 1. The molecule has 0 amide bonds. The summed E-state index contributed by atoms with van der Waals surface area (Å²) in [6.45, 7) is 0. The summed E-state index contributed by atoms with van der Waals surface area (Å²) in [6, 6.07) is 17.8. The Kier molecular flexibility index (Phi) is 5.23. The van der Waals surface area contributed by atoms with Gasteiger partial charge in [0, 0.05) is 10.6 Å². The zero-order valence-corrected chi connectivity index (χ0v) is 12.5. The van der Waals surface area contributed by atoms with Crippen LogP contribution >= 0.6 is 11.8 Å². The molecule has 0 radical (unpaired) electrons. The Hall–Kier alpha value is -1.30. The minimum atomic E-state index is -3.43. The van der Waals surface area contributed by atoms with Crippen molar-refractivity contribution in [3.8, 4) is 0 Å². The minimum absolute atomic E-state index is 0.253. The van der Waals surface area contributed by atoms with Crippen molar-refractivity contribution in [2.45, 2.75) is 15.9 Å². The van der Waals surface area contributed by atoms with Crippen LogP contribution in [0.15, 0.2) is 70.5 Å². The average molecular weight is 308 g/mol. The fraction of sp³-hybridized carbons (Fsp3) is 0.200. The zero-order valence-electron chi connectivity index (χ0n) is 10.8. The quantitative estimate of drug-likeness (QED) is 0.834. The molecule has 1 N–H and O–H groups in total. The Balaban J connectivity index is 1.93. The van der Waals surface area contributed by atoms with Crippen molar-refractivity contribution in [3.05, 3.63) is 60.7 Å². The standard InChI is InChI=1S/C15H16O3S2/c16-13(11-19-14-7-3-1-4-8-14)12-20(17,18)15-9-5-2-6-10-15/h1-10,13,16H,11-12H2/t13-/m0/s1. The predicted molar refractivity (Wildman–Crippen MR) is 81.7 cm³/mol. The third-order valence-corrected chi connectivity index (χ3v) is 5.67. The molecule has 1 atom stereocenters. The molecule has 20 heavy (non-hydrogen) atoms. The minimum Gasteiger partial charge on any atom is -0.391 e. The summed E-state index contributed by atoms with van der Waals surface area (Å²) in [6.07, 6.45) is -0.884. The predicted octanol–water partition coefficient (Wildman–Crippen LogP) is 2.61. The summed E-state index contributed by atoms with van der Waals surface area (Å²) < 4.78 is 24.2. The van der Waals surface area contributed by atoms with Crippen molar-refractivity contribution >= 4 is 21.6 Å². The van der Waals surface area contributed by atoms with E-state index in [2.05, 4.69) is 0 Å². The number of hydrogen-bond donors (Lipinski definition) is 1. The maximum Gasteiger partial charge on any atom is 0.180 e. The molecule has 0 aliphatic carbocycles. The van der Waals surface area contributed by atoms with E-state index in [0.29, 0.717) is 5.75 Å². The zero-order chi connectivity index (χ0) is 14.4. The molecular formula is C15H16O3S2. The lowest BCUT2D eigenvalue weighted by atomic mass is 10.4. The third-order valence-electron chi connectivity index (χ3n) is 2.70. The topological polar surface area (TPSA) is 54.4 Å². The first-order valence-electron chi connectivity index (χ1n) is 6.21. The molecule has 106 valence electrons. The van der Waals surface area contributed by atoms with Crippen molar-refractivity contribution in [2.75, 3.05) is 11.5 Å². The number of hydrogen-bond acceptors (Lipinski definition) is 4. The molecule has 0 aromatic heterocycles. The number of rotatable bonds is 6. The second-order valence-corrected chi connectivity index (χ2v) is 7.50. The molecule has 2 aromatic carbocycles. The van der Waals surface area contributed by atoms with Crippen LogP contribution in [0.25, 0.3) is 0 Å². The third kappa shape index (κ3) is 4.37. The number of sulfone groups is 1. The Labute approximate surface area is 123 Å². The van der Waals surface area contributed by atoms with Crippen LogP contribution in [-0.4, -0.2) is 31.1 Å². The van der Waals surface area contributed by atoms with Crippen LogP contribution in [0.3, 0.4) is 0 Å². The summed E-state index contributed by atoms with van der Waals surface area (Å²) in [5.41, 5.74) is 0. The van der Waals surface area contributed by atoms with Crippen LogP contribution in [-0.2, 0) is 9.84 Å². The fourth-order valence-electron chi connectivity index (χ4n) is 1.73. The summed E-state index contributed by atoms with van der Waals surface area (Å²) in [5, 5.41) is 9.91. The SMILES string of the molecule is O=S(=O)(C[C@@H](O)CSc1ccccc1)c1ccccc1. The van der Waals surface area contributed by atoms with E-state index < -0.39 is 15.9 Å². The first-order valence-corrected chi connectivity index (χ1v) is 8.85. The highest BCUT2D eigenvalue weighted by Gasteiger charge is 2.19. The maximum atomic E-state index is 12.1. The smallest absolute Gasteiger partial charge is 0.180 e. The Bertz CT molecular complexity index is 625. The molecule has 0 saturated carbocycles. The molecular weight excluding hydrogens is 292 g/mol. The Morgan fingerprint density at radius 2 is 1.50 bits per heavy atom. The van der Waals surface area contributed by atoms with E-state index in [0.717, 1.165) is 4.90 Å². The van der Waals surface area contributed by atoms with E-state index in [-0.39, 0.29) is 10.6 Å². The summed E-state index contributed by atoms with van der Waals surface area (Å²) in [7, 11) is -3.43. The van der Waals surface area contributed by atoms with E-state index in [1.165, 1.54) is 11.8 Å². The summed E-state index contributed by atoms with van der Waals surface area (Å²) in [5.74, 6) is 0.104. The van der Waals surface area contributed by atoms with Gasteiger partial charge in [-0.3, -0.25) is 0 Å². The van der Waals surface area contributed by atoms with Gasteiger partial charge in [0.15, 0.2) is 9.84 Å². The molecule has 0 heterocycles. The van der Waals surface area contributed by atoms with Crippen LogP contribution in [0.5, 0.6) is 0 Å². The van der Waals surface area contributed by atoms with Crippen molar-refractivity contribution in [1.29, 1.82) is 0 Å². The molecule has 2 rings (SSSR count). The van der Waals surface area contributed by atoms with Crippen LogP contribution in [0, 0.1) is 0 Å². The first kappa shape index (κ1) is 15.1. The maximum absolute atomic E-state index is 12.1. The summed E-state index contributed by atoms with van der Waals surface area (Å²) >= 11 is 1.45. The van der Waals surface area contributed by atoms with Crippen LogP contribution in [0.4, 0.5) is 0 Å². The lowest BCUT2D eigenvalue weighted by Crippen LogP contribution is -2.23. The van der Waals surface area contributed by atoms with Crippen molar-refractivity contribution in [2.24, 2.45) is 0 Å². The van der Waals surface area contributed by atoms with Gasteiger partial charge in [-0.1, -0.05) is 36.4 Å². The van der Waals surface area contributed by atoms with Gasteiger partial charge in [0.05, 0.1) is 16.8 Å². The molecule has 0 aliphatic rings. The normalized spacial score (nSPS) is 13.1. The van der Waals surface area contributed by atoms with Crippen LogP contribution in [0.1, 0.15) is 0 Å². The monoisotopic (exact) mass is 308 g/mol. The Morgan fingerprint density at radius 1 is 0.950 bits per heavy atom. The molecule has 0 fully saturated rings. The molecule has 0 unspecified atom stereocenters. The van der Waals surface area contributed by atoms with Crippen molar-refractivity contribution in [3.63, 3.8) is 0 Å². The average Bonchev–Trinajstić information content (AvgIpc) is 2.47. The fourth-order valence-corrected chi connectivity index (χ4v) is 4.12. The van der Waals surface area contributed by atoms with Gasteiger partial charge in [0.25, 0.3) is 0 Å². The van der Waals surface area contributed by atoms with Gasteiger partial charge < -0.3 is 5.11 Å². The lowest BCUT2D eigenvalue weighted by Gasteiger charge is -2.11. The second kappa shape index (κ2) is 6.92. The van der Waals surface area contributed by atoms with Gasteiger partial charge >= 0.3 is 0 Å². The number of thioether (sulfide) groups is 1. The number of aliphatic hydroxyl groups is 1. The first-order chi connectivity index (χ1) is 9.58. The molecule has 0 spiro atoms. The van der Waals surface area contributed by atoms with Crippen LogP contribution in [0.2, 0.25) is 0 Å². The van der Waals surface area contributed by atoms with E-state index in [9.17, 15) is 13.5 Å². The van der Waals surface area contributed by atoms with Crippen molar-refractivity contribution < 1.29 is 13.5 Å². The van der Waals surface area contributed by atoms with Gasteiger partial charge in [-0.15, -0.1) is 11.8 Å². The van der Waals surface area contributed by atoms with Gasteiger partial charge in [-0.2, -0.15) is 0 Å². The van der Waals surface area contributed by atoms with Gasteiger partial charge in [-0.25, -0.2) is 8.42 Å².